The SMILES string of the molecule is Cc1nccn1-c1ccc(CCC(=O)O)cc1Cl. The van der Waals surface area contributed by atoms with Crippen molar-refractivity contribution in [3.05, 3.63) is 47.0 Å². The predicted molar refractivity (Wildman–Crippen MR) is 69.3 cm³/mol. The van der Waals surface area contributed by atoms with Crippen molar-refractivity contribution in [2.45, 2.75) is 19.8 Å². The summed E-state index contributed by atoms with van der Waals surface area (Å²) in [6.07, 6.45) is 4.15. The van der Waals surface area contributed by atoms with Gasteiger partial charge in [0, 0.05) is 18.8 Å². The number of aryl methyl sites for hydroxylation is 2. The summed E-state index contributed by atoms with van der Waals surface area (Å²) < 4.78 is 1.89. The zero-order chi connectivity index (χ0) is 13.1. The fourth-order valence-electron chi connectivity index (χ4n) is 1.79. The lowest BCUT2D eigenvalue weighted by atomic mass is 10.1. The van der Waals surface area contributed by atoms with Gasteiger partial charge in [0.25, 0.3) is 0 Å². The molecule has 0 fully saturated rings. The van der Waals surface area contributed by atoms with Crippen LogP contribution >= 0.6 is 11.6 Å². The molecule has 0 aliphatic rings. The number of halogens is 1. The third-order valence-electron chi connectivity index (χ3n) is 2.72. The van der Waals surface area contributed by atoms with Crippen molar-refractivity contribution in [1.29, 1.82) is 0 Å². The van der Waals surface area contributed by atoms with Gasteiger partial charge in [-0.3, -0.25) is 4.79 Å². The standard InChI is InChI=1S/C13H13ClN2O2/c1-9-15-6-7-16(9)12-4-2-10(8-11(12)14)3-5-13(17)18/h2,4,6-8H,3,5H2,1H3,(H,17,18). The van der Waals surface area contributed by atoms with E-state index >= 15 is 0 Å². The first-order valence-corrected chi connectivity index (χ1v) is 5.96. The monoisotopic (exact) mass is 264 g/mol. The van der Waals surface area contributed by atoms with Crippen LogP contribution in [0, 0.1) is 6.92 Å². The van der Waals surface area contributed by atoms with Crippen LogP contribution in [0.3, 0.4) is 0 Å². The molecule has 0 saturated heterocycles. The molecular weight excluding hydrogens is 252 g/mol. The molecule has 0 saturated carbocycles. The summed E-state index contributed by atoms with van der Waals surface area (Å²) in [6.45, 7) is 1.90. The maximum atomic E-state index is 10.5. The second kappa shape index (κ2) is 5.23. The summed E-state index contributed by atoms with van der Waals surface area (Å²) in [5.41, 5.74) is 1.77. The number of carboxylic acids is 1. The molecule has 0 atom stereocenters. The van der Waals surface area contributed by atoms with Crippen molar-refractivity contribution in [2.75, 3.05) is 0 Å². The van der Waals surface area contributed by atoms with Gasteiger partial charge in [-0.25, -0.2) is 4.98 Å². The van der Waals surface area contributed by atoms with E-state index in [-0.39, 0.29) is 6.42 Å². The van der Waals surface area contributed by atoms with E-state index in [2.05, 4.69) is 4.98 Å². The van der Waals surface area contributed by atoms with Crippen molar-refractivity contribution in [3.63, 3.8) is 0 Å². The number of carboxylic acid groups (broad SMARTS) is 1. The summed E-state index contributed by atoms with van der Waals surface area (Å²) in [5, 5.41) is 9.24. The first-order chi connectivity index (χ1) is 8.58. The quantitative estimate of drug-likeness (QED) is 0.924. The molecule has 2 aromatic rings. The van der Waals surface area contributed by atoms with E-state index < -0.39 is 5.97 Å². The van der Waals surface area contributed by atoms with Crippen molar-refractivity contribution < 1.29 is 9.90 Å². The second-order valence-electron chi connectivity index (χ2n) is 4.02. The lowest BCUT2D eigenvalue weighted by Crippen LogP contribution is -2.00. The minimum absolute atomic E-state index is 0.111. The number of carbonyl (C=O) groups is 1. The minimum atomic E-state index is -0.805. The molecule has 0 spiro atoms. The Morgan fingerprint density at radius 3 is 2.83 bits per heavy atom. The fourth-order valence-corrected chi connectivity index (χ4v) is 2.08. The van der Waals surface area contributed by atoms with E-state index in [1.807, 2.05) is 29.8 Å². The summed E-state index contributed by atoms with van der Waals surface area (Å²) >= 11 is 6.21. The number of rotatable bonds is 4. The molecular formula is C13H13ClN2O2. The van der Waals surface area contributed by atoms with Crippen LogP contribution in [0.2, 0.25) is 5.02 Å². The Morgan fingerprint density at radius 2 is 2.28 bits per heavy atom. The van der Waals surface area contributed by atoms with Crippen molar-refractivity contribution >= 4 is 17.6 Å². The van der Waals surface area contributed by atoms with Crippen LogP contribution in [0.15, 0.2) is 30.6 Å². The van der Waals surface area contributed by atoms with E-state index in [4.69, 9.17) is 16.7 Å². The van der Waals surface area contributed by atoms with Crippen molar-refractivity contribution in [3.8, 4) is 5.69 Å². The van der Waals surface area contributed by atoms with Gasteiger partial charge in [-0.1, -0.05) is 17.7 Å². The average Bonchev–Trinajstić information content (AvgIpc) is 2.73. The maximum Gasteiger partial charge on any atom is 0.303 e. The molecule has 1 aromatic heterocycles. The first-order valence-electron chi connectivity index (χ1n) is 5.58. The number of benzene rings is 1. The Kier molecular flexibility index (Phi) is 3.67. The summed E-state index contributed by atoms with van der Waals surface area (Å²) in [5.74, 6) is 0.0517. The van der Waals surface area contributed by atoms with Crippen LogP contribution in [0.4, 0.5) is 0 Å². The van der Waals surface area contributed by atoms with Gasteiger partial charge >= 0.3 is 5.97 Å². The van der Waals surface area contributed by atoms with E-state index in [1.165, 1.54) is 0 Å². The lowest BCUT2D eigenvalue weighted by Gasteiger charge is -2.09. The Bertz CT molecular complexity index is 578. The summed E-state index contributed by atoms with van der Waals surface area (Å²) in [6, 6.07) is 5.58. The first kappa shape index (κ1) is 12.6. The Morgan fingerprint density at radius 1 is 1.50 bits per heavy atom. The highest BCUT2D eigenvalue weighted by Gasteiger charge is 2.07. The largest absolute Gasteiger partial charge is 0.481 e. The van der Waals surface area contributed by atoms with E-state index in [9.17, 15) is 4.79 Å². The molecule has 0 amide bonds. The van der Waals surface area contributed by atoms with Gasteiger partial charge in [-0.05, 0) is 31.0 Å². The van der Waals surface area contributed by atoms with Gasteiger partial charge in [0.15, 0.2) is 0 Å². The molecule has 1 heterocycles. The molecule has 1 aromatic carbocycles. The molecule has 0 radical (unpaired) electrons. The highest BCUT2D eigenvalue weighted by atomic mass is 35.5. The van der Waals surface area contributed by atoms with Crippen molar-refractivity contribution in [1.82, 2.24) is 9.55 Å². The molecule has 0 aliphatic carbocycles. The van der Waals surface area contributed by atoms with Crippen LogP contribution in [0.1, 0.15) is 17.8 Å². The maximum absolute atomic E-state index is 10.5. The molecule has 0 aliphatic heterocycles. The van der Waals surface area contributed by atoms with E-state index in [1.54, 1.807) is 12.3 Å². The van der Waals surface area contributed by atoms with Gasteiger partial charge in [0.2, 0.25) is 0 Å². The molecule has 0 unspecified atom stereocenters. The van der Waals surface area contributed by atoms with Gasteiger partial charge in [-0.15, -0.1) is 0 Å². The van der Waals surface area contributed by atoms with Gasteiger partial charge < -0.3 is 9.67 Å². The number of aromatic nitrogens is 2. The van der Waals surface area contributed by atoms with E-state index in [0.717, 1.165) is 17.1 Å². The zero-order valence-corrected chi connectivity index (χ0v) is 10.7. The average molecular weight is 265 g/mol. The van der Waals surface area contributed by atoms with Crippen LogP contribution in [0.25, 0.3) is 5.69 Å². The smallest absolute Gasteiger partial charge is 0.303 e. The number of aliphatic carboxylic acids is 1. The van der Waals surface area contributed by atoms with Crippen LogP contribution < -0.4 is 0 Å². The molecule has 4 nitrogen and oxygen atoms in total. The third kappa shape index (κ3) is 2.71. The molecule has 5 heteroatoms. The van der Waals surface area contributed by atoms with Crippen LogP contribution in [-0.4, -0.2) is 20.6 Å². The minimum Gasteiger partial charge on any atom is -0.481 e. The molecule has 94 valence electrons. The summed E-state index contributed by atoms with van der Waals surface area (Å²) in [7, 11) is 0. The Balaban J connectivity index is 2.26. The zero-order valence-electron chi connectivity index (χ0n) is 9.93. The molecule has 18 heavy (non-hydrogen) atoms. The number of hydrogen-bond donors (Lipinski definition) is 1. The predicted octanol–water partition coefficient (Wildman–Crippen LogP) is 2.85. The van der Waals surface area contributed by atoms with E-state index in [0.29, 0.717) is 11.4 Å². The Labute approximate surface area is 110 Å². The molecule has 2 rings (SSSR count). The van der Waals surface area contributed by atoms with Crippen LogP contribution in [0.5, 0.6) is 0 Å². The molecule has 0 bridgehead atoms. The second-order valence-corrected chi connectivity index (χ2v) is 4.43. The van der Waals surface area contributed by atoms with Gasteiger partial charge in [-0.2, -0.15) is 0 Å². The third-order valence-corrected chi connectivity index (χ3v) is 3.03. The highest BCUT2D eigenvalue weighted by Crippen LogP contribution is 2.23. The topological polar surface area (TPSA) is 55.1 Å². The fraction of sp³-hybridized carbons (Fsp3) is 0.231. The number of hydrogen-bond acceptors (Lipinski definition) is 2. The number of imidazole rings is 1. The highest BCUT2D eigenvalue weighted by molar-refractivity contribution is 6.32. The summed E-state index contributed by atoms with van der Waals surface area (Å²) in [4.78, 5) is 14.7. The van der Waals surface area contributed by atoms with Gasteiger partial charge in [0.05, 0.1) is 10.7 Å². The van der Waals surface area contributed by atoms with Crippen LogP contribution in [-0.2, 0) is 11.2 Å². The number of nitrogens with zero attached hydrogens (tertiary/aromatic N) is 2. The Hall–Kier alpha value is -1.81. The van der Waals surface area contributed by atoms with Crippen molar-refractivity contribution in [2.24, 2.45) is 0 Å². The normalized spacial score (nSPS) is 10.6. The van der Waals surface area contributed by atoms with Gasteiger partial charge in [0.1, 0.15) is 5.82 Å². The lowest BCUT2D eigenvalue weighted by molar-refractivity contribution is -0.136. The molecule has 1 N–H and O–H groups in total.